The average Bonchev–Trinajstić information content (AvgIpc) is 2.88. The Balaban J connectivity index is 2.01. The summed E-state index contributed by atoms with van der Waals surface area (Å²) in [5, 5.41) is 6.79. The second-order valence-electron chi connectivity index (χ2n) is 4.90. The number of hydrogen-bond donors (Lipinski definition) is 1. The van der Waals surface area contributed by atoms with Crippen molar-refractivity contribution >= 4 is 33.3 Å². The number of nitrogens with one attached hydrogen (secondary N) is 1. The highest BCUT2D eigenvalue weighted by Gasteiger charge is 2.20. The SMILES string of the molecule is Cc1cc(N(CCNC(=O)c2cccc(Cl)c2)S(C)(=O)=O)no1. The number of nitrogens with zero attached hydrogens (tertiary/aromatic N) is 2. The quantitative estimate of drug-likeness (QED) is 0.851. The van der Waals surface area contributed by atoms with E-state index >= 15 is 0 Å². The molecule has 1 amide bonds. The van der Waals surface area contributed by atoms with Crippen molar-refractivity contribution in [2.75, 3.05) is 23.7 Å². The van der Waals surface area contributed by atoms with Crippen molar-refractivity contribution in [3.8, 4) is 0 Å². The number of aromatic nitrogens is 1. The molecule has 1 aromatic heterocycles. The normalized spacial score (nSPS) is 11.3. The van der Waals surface area contributed by atoms with Crippen molar-refractivity contribution in [1.82, 2.24) is 10.5 Å². The van der Waals surface area contributed by atoms with Gasteiger partial charge in [0, 0.05) is 23.2 Å². The lowest BCUT2D eigenvalue weighted by Gasteiger charge is -2.19. The zero-order chi connectivity index (χ0) is 17.0. The minimum Gasteiger partial charge on any atom is -0.360 e. The summed E-state index contributed by atoms with van der Waals surface area (Å²) < 4.78 is 29.7. The van der Waals surface area contributed by atoms with Crippen LogP contribution in [0.2, 0.25) is 5.02 Å². The first kappa shape index (κ1) is 17.3. The lowest BCUT2D eigenvalue weighted by molar-refractivity contribution is 0.0955. The predicted octanol–water partition coefficient (Wildman–Crippen LogP) is 1.83. The summed E-state index contributed by atoms with van der Waals surface area (Å²) in [6.45, 7) is 1.82. The van der Waals surface area contributed by atoms with Crippen LogP contribution in [-0.4, -0.2) is 38.8 Å². The summed E-state index contributed by atoms with van der Waals surface area (Å²) in [6.07, 6.45) is 1.07. The van der Waals surface area contributed by atoms with Crippen LogP contribution in [0.1, 0.15) is 16.1 Å². The van der Waals surface area contributed by atoms with E-state index in [0.717, 1.165) is 10.6 Å². The molecule has 0 atom stereocenters. The average molecular weight is 358 g/mol. The predicted molar refractivity (Wildman–Crippen MR) is 87.2 cm³/mol. The summed E-state index contributed by atoms with van der Waals surface area (Å²) in [6, 6.07) is 8.00. The lowest BCUT2D eigenvalue weighted by Crippen LogP contribution is -2.38. The number of carbonyl (C=O) groups is 1. The highest BCUT2D eigenvalue weighted by Crippen LogP contribution is 2.16. The number of sulfonamides is 1. The number of benzene rings is 1. The van der Waals surface area contributed by atoms with Crippen LogP contribution in [0.4, 0.5) is 5.82 Å². The Kier molecular flexibility index (Phi) is 5.27. The molecule has 0 spiro atoms. The molecule has 1 heterocycles. The fraction of sp³-hybridized carbons (Fsp3) is 0.286. The maximum Gasteiger partial charge on any atom is 0.251 e. The molecule has 124 valence electrons. The molecule has 0 bridgehead atoms. The Hall–Kier alpha value is -2.06. The van der Waals surface area contributed by atoms with Crippen molar-refractivity contribution in [1.29, 1.82) is 0 Å². The topological polar surface area (TPSA) is 92.5 Å². The first-order valence-electron chi connectivity index (χ1n) is 6.72. The third-order valence-electron chi connectivity index (χ3n) is 2.96. The number of rotatable bonds is 6. The minimum atomic E-state index is -3.54. The third-order valence-corrected chi connectivity index (χ3v) is 4.36. The molecule has 0 saturated carbocycles. The van der Waals surface area contributed by atoms with Crippen LogP contribution in [0.3, 0.4) is 0 Å². The van der Waals surface area contributed by atoms with Crippen molar-refractivity contribution in [3.63, 3.8) is 0 Å². The molecule has 2 rings (SSSR count). The van der Waals surface area contributed by atoms with E-state index in [1.165, 1.54) is 12.1 Å². The van der Waals surface area contributed by atoms with Gasteiger partial charge in [-0.3, -0.25) is 4.79 Å². The van der Waals surface area contributed by atoms with Gasteiger partial charge in [0.1, 0.15) is 5.76 Å². The van der Waals surface area contributed by atoms with Gasteiger partial charge in [-0.15, -0.1) is 0 Å². The number of carbonyl (C=O) groups excluding carboxylic acids is 1. The molecule has 1 N–H and O–H groups in total. The molecule has 9 heteroatoms. The van der Waals surface area contributed by atoms with Crippen molar-refractivity contribution < 1.29 is 17.7 Å². The van der Waals surface area contributed by atoms with E-state index in [9.17, 15) is 13.2 Å². The van der Waals surface area contributed by atoms with Crippen LogP contribution in [0, 0.1) is 6.92 Å². The molecule has 0 aliphatic rings. The zero-order valence-corrected chi connectivity index (χ0v) is 14.2. The Morgan fingerprint density at radius 3 is 2.70 bits per heavy atom. The van der Waals surface area contributed by atoms with E-state index in [0.29, 0.717) is 16.3 Å². The second-order valence-corrected chi connectivity index (χ2v) is 7.24. The van der Waals surface area contributed by atoms with Crippen LogP contribution >= 0.6 is 11.6 Å². The van der Waals surface area contributed by atoms with Gasteiger partial charge in [0.05, 0.1) is 12.8 Å². The van der Waals surface area contributed by atoms with Crippen molar-refractivity contribution in [2.24, 2.45) is 0 Å². The van der Waals surface area contributed by atoms with Gasteiger partial charge in [-0.05, 0) is 25.1 Å². The fourth-order valence-corrected chi connectivity index (χ4v) is 2.96. The first-order chi connectivity index (χ1) is 10.8. The minimum absolute atomic E-state index is 0.0388. The Morgan fingerprint density at radius 2 is 2.13 bits per heavy atom. The smallest absolute Gasteiger partial charge is 0.251 e. The molecule has 2 aromatic rings. The molecule has 0 unspecified atom stereocenters. The van der Waals surface area contributed by atoms with E-state index in [1.807, 2.05) is 0 Å². The molecule has 7 nitrogen and oxygen atoms in total. The third kappa shape index (κ3) is 4.70. The van der Waals surface area contributed by atoms with E-state index < -0.39 is 10.0 Å². The van der Waals surface area contributed by atoms with Crippen LogP contribution in [0.15, 0.2) is 34.9 Å². The zero-order valence-electron chi connectivity index (χ0n) is 12.6. The number of anilines is 1. The van der Waals surface area contributed by atoms with Gasteiger partial charge >= 0.3 is 0 Å². The highest BCUT2D eigenvalue weighted by molar-refractivity contribution is 7.92. The molecule has 0 fully saturated rings. The van der Waals surface area contributed by atoms with Crippen molar-refractivity contribution in [3.05, 3.63) is 46.7 Å². The standard InChI is InChI=1S/C14H16ClN3O4S/c1-10-8-13(17-22-10)18(23(2,20)21)7-6-16-14(19)11-4-3-5-12(15)9-11/h3-5,8-9H,6-7H2,1-2H3,(H,16,19). The maximum atomic E-state index is 12.0. The van der Waals surface area contributed by atoms with Gasteiger partial charge in [0.15, 0.2) is 5.82 Å². The summed E-state index contributed by atoms with van der Waals surface area (Å²) in [4.78, 5) is 12.0. The van der Waals surface area contributed by atoms with Crippen LogP contribution in [-0.2, 0) is 10.0 Å². The highest BCUT2D eigenvalue weighted by atomic mass is 35.5. The lowest BCUT2D eigenvalue weighted by atomic mass is 10.2. The summed E-state index contributed by atoms with van der Waals surface area (Å²) in [5.41, 5.74) is 0.403. The van der Waals surface area contributed by atoms with Crippen LogP contribution in [0.5, 0.6) is 0 Å². The first-order valence-corrected chi connectivity index (χ1v) is 8.95. The van der Waals surface area contributed by atoms with E-state index in [2.05, 4.69) is 10.5 Å². The molecule has 0 aliphatic heterocycles. The number of halogens is 1. The van der Waals surface area contributed by atoms with Gasteiger partial charge in [0.2, 0.25) is 10.0 Å². The molecule has 23 heavy (non-hydrogen) atoms. The molecular formula is C14H16ClN3O4S. The van der Waals surface area contributed by atoms with Gasteiger partial charge in [-0.2, -0.15) is 0 Å². The Labute approximate surface area is 139 Å². The molecule has 0 radical (unpaired) electrons. The fourth-order valence-electron chi connectivity index (χ4n) is 1.92. The second kappa shape index (κ2) is 7.01. The summed E-state index contributed by atoms with van der Waals surface area (Å²) >= 11 is 5.83. The Morgan fingerprint density at radius 1 is 1.39 bits per heavy atom. The van der Waals surface area contributed by atoms with Gasteiger partial charge < -0.3 is 9.84 Å². The van der Waals surface area contributed by atoms with Gasteiger partial charge in [-0.25, -0.2) is 12.7 Å². The molecular weight excluding hydrogens is 342 g/mol. The van der Waals surface area contributed by atoms with E-state index in [1.54, 1.807) is 25.1 Å². The number of hydrogen-bond acceptors (Lipinski definition) is 5. The number of aryl methyl sites for hydroxylation is 1. The summed E-state index contributed by atoms with van der Waals surface area (Å²) in [5.74, 6) is 0.343. The largest absolute Gasteiger partial charge is 0.360 e. The molecule has 0 aliphatic carbocycles. The van der Waals surface area contributed by atoms with Gasteiger partial charge in [0.25, 0.3) is 5.91 Å². The molecule has 0 saturated heterocycles. The van der Waals surface area contributed by atoms with Crippen molar-refractivity contribution in [2.45, 2.75) is 6.92 Å². The van der Waals surface area contributed by atoms with Gasteiger partial charge in [-0.1, -0.05) is 22.8 Å². The van der Waals surface area contributed by atoms with E-state index in [4.69, 9.17) is 16.1 Å². The Bertz CT molecular complexity index is 804. The summed E-state index contributed by atoms with van der Waals surface area (Å²) in [7, 11) is -3.54. The number of amides is 1. The monoisotopic (exact) mass is 357 g/mol. The van der Waals surface area contributed by atoms with Crippen LogP contribution < -0.4 is 9.62 Å². The molecule has 1 aromatic carbocycles. The van der Waals surface area contributed by atoms with Crippen LogP contribution in [0.25, 0.3) is 0 Å². The maximum absolute atomic E-state index is 12.0. The van der Waals surface area contributed by atoms with E-state index in [-0.39, 0.29) is 24.8 Å².